The molecule has 5 rings (SSSR count). The Morgan fingerprint density at radius 1 is 1.17 bits per heavy atom. The van der Waals surface area contributed by atoms with E-state index in [0.717, 1.165) is 17.2 Å². The van der Waals surface area contributed by atoms with Crippen molar-refractivity contribution in [1.29, 1.82) is 0 Å². The van der Waals surface area contributed by atoms with Crippen molar-refractivity contribution >= 4 is 17.5 Å². The molecule has 2 aliphatic heterocycles. The number of imidazole rings is 2. The number of fused-ring (bicyclic) bond motifs is 2. The van der Waals surface area contributed by atoms with E-state index in [4.69, 9.17) is 4.98 Å². The van der Waals surface area contributed by atoms with E-state index in [9.17, 15) is 9.59 Å². The second kappa shape index (κ2) is 6.88. The predicted molar refractivity (Wildman–Crippen MR) is 106 cm³/mol. The lowest BCUT2D eigenvalue weighted by molar-refractivity contribution is -0.129. The number of hydrogen-bond acceptors (Lipinski definition) is 4. The first-order chi connectivity index (χ1) is 14.1. The third kappa shape index (κ3) is 3.00. The Morgan fingerprint density at radius 3 is 2.83 bits per heavy atom. The first-order valence-corrected chi connectivity index (χ1v) is 9.83. The maximum atomic E-state index is 13.2. The first-order valence-electron chi connectivity index (χ1n) is 9.83. The molecule has 0 saturated heterocycles. The second-order valence-corrected chi connectivity index (χ2v) is 7.48. The van der Waals surface area contributed by atoms with Crippen LogP contribution >= 0.6 is 0 Å². The Morgan fingerprint density at radius 2 is 2.00 bits per heavy atom. The third-order valence-electron chi connectivity index (χ3n) is 5.68. The number of amides is 2. The molecule has 0 N–H and O–H groups in total. The van der Waals surface area contributed by atoms with E-state index < -0.39 is 0 Å². The van der Waals surface area contributed by atoms with Crippen LogP contribution in [-0.2, 0) is 17.8 Å². The van der Waals surface area contributed by atoms with Crippen LogP contribution in [0.25, 0.3) is 5.65 Å². The van der Waals surface area contributed by atoms with E-state index in [2.05, 4.69) is 9.55 Å². The molecule has 0 aliphatic carbocycles. The van der Waals surface area contributed by atoms with Crippen LogP contribution in [0.1, 0.15) is 35.0 Å². The molecule has 2 amide bonds. The summed E-state index contributed by atoms with van der Waals surface area (Å²) in [4.78, 5) is 38.3. The molecule has 5 heterocycles. The summed E-state index contributed by atoms with van der Waals surface area (Å²) >= 11 is 0. The van der Waals surface area contributed by atoms with Crippen molar-refractivity contribution in [3.8, 4) is 0 Å². The molecule has 1 atom stereocenters. The van der Waals surface area contributed by atoms with Crippen molar-refractivity contribution in [3.05, 3.63) is 66.2 Å². The van der Waals surface area contributed by atoms with Gasteiger partial charge in [0.1, 0.15) is 17.2 Å². The highest BCUT2D eigenvalue weighted by molar-refractivity contribution is 5.93. The number of rotatable bonds is 3. The fraction of sp³-hybridized carbons (Fsp3) is 0.333. The van der Waals surface area contributed by atoms with Crippen molar-refractivity contribution in [2.45, 2.75) is 25.9 Å². The SMILES string of the molecule is C[C@H]1c2nc(CC(=O)N3CC=CC3)cn2CCN1C(=O)c1cnc2ccccn12. The van der Waals surface area contributed by atoms with Gasteiger partial charge < -0.3 is 14.4 Å². The molecule has 0 fully saturated rings. The van der Waals surface area contributed by atoms with E-state index in [1.165, 1.54) is 0 Å². The summed E-state index contributed by atoms with van der Waals surface area (Å²) in [5.41, 5.74) is 2.05. The minimum Gasteiger partial charge on any atom is -0.335 e. The van der Waals surface area contributed by atoms with Gasteiger partial charge in [-0.15, -0.1) is 0 Å². The van der Waals surface area contributed by atoms with Crippen LogP contribution in [0.4, 0.5) is 0 Å². The molecule has 0 radical (unpaired) electrons. The lowest BCUT2D eigenvalue weighted by Crippen LogP contribution is -2.41. The lowest BCUT2D eigenvalue weighted by atomic mass is 10.2. The molecule has 3 aromatic rings. The van der Waals surface area contributed by atoms with E-state index in [1.54, 1.807) is 6.20 Å². The summed E-state index contributed by atoms with van der Waals surface area (Å²) in [5.74, 6) is 0.837. The van der Waals surface area contributed by atoms with E-state index >= 15 is 0 Å². The lowest BCUT2D eigenvalue weighted by Gasteiger charge is -2.33. The summed E-state index contributed by atoms with van der Waals surface area (Å²) in [6.07, 6.45) is 9.71. The maximum Gasteiger partial charge on any atom is 0.273 e. The number of nitrogens with zero attached hydrogens (tertiary/aromatic N) is 6. The van der Waals surface area contributed by atoms with Gasteiger partial charge in [-0.25, -0.2) is 9.97 Å². The Kier molecular flexibility index (Phi) is 4.19. The highest BCUT2D eigenvalue weighted by atomic mass is 16.2. The van der Waals surface area contributed by atoms with Gasteiger partial charge in [-0.2, -0.15) is 0 Å². The van der Waals surface area contributed by atoms with Crippen molar-refractivity contribution < 1.29 is 9.59 Å². The van der Waals surface area contributed by atoms with Crippen LogP contribution in [0, 0.1) is 0 Å². The quantitative estimate of drug-likeness (QED) is 0.638. The highest BCUT2D eigenvalue weighted by Gasteiger charge is 2.32. The number of carbonyl (C=O) groups is 2. The normalized spacial score (nSPS) is 18.4. The predicted octanol–water partition coefficient (Wildman–Crippen LogP) is 1.69. The topological polar surface area (TPSA) is 75.7 Å². The van der Waals surface area contributed by atoms with Crippen molar-refractivity contribution in [3.63, 3.8) is 0 Å². The summed E-state index contributed by atoms with van der Waals surface area (Å²) in [6, 6.07) is 5.49. The summed E-state index contributed by atoms with van der Waals surface area (Å²) in [5, 5.41) is 0. The van der Waals surface area contributed by atoms with Gasteiger partial charge in [0.25, 0.3) is 5.91 Å². The summed E-state index contributed by atoms with van der Waals surface area (Å²) in [7, 11) is 0. The summed E-state index contributed by atoms with van der Waals surface area (Å²) in [6.45, 7) is 4.57. The van der Waals surface area contributed by atoms with Crippen LogP contribution in [0.15, 0.2) is 48.9 Å². The largest absolute Gasteiger partial charge is 0.335 e. The molecule has 0 aromatic carbocycles. The molecule has 8 nitrogen and oxygen atoms in total. The molecular formula is C21H22N6O2. The van der Waals surface area contributed by atoms with Crippen LogP contribution in [0.5, 0.6) is 0 Å². The van der Waals surface area contributed by atoms with Gasteiger partial charge in [-0.3, -0.25) is 14.0 Å². The number of carbonyl (C=O) groups excluding carboxylic acids is 2. The monoisotopic (exact) mass is 390 g/mol. The molecule has 0 spiro atoms. The Hall–Kier alpha value is -3.42. The fourth-order valence-electron chi connectivity index (χ4n) is 4.10. The van der Waals surface area contributed by atoms with Crippen molar-refractivity contribution in [2.75, 3.05) is 19.6 Å². The zero-order chi connectivity index (χ0) is 20.0. The maximum absolute atomic E-state index is 13.2. The molecule has 2 aliphatic rings. The van der Waals surface area contributed by atoms with Gasteiger partial charge >= 0.3 is 0 Å². The van der Waals surface area contributed by atoms with E-state index in [-0.39, 0.29) is 24.3 Å². The van der Waals surface area contributed by atoms with Crippen LogP contribution < -0.4 is 0 Å². The number of hydrogen-bond donors (Lipinski definition) is 0. The zero-order valence-corrected chi connectivity index (χ0v) is 16.2. The van der Waals surface area contributed by atoms with Gasteiger partial charge in [0, 0.05) is 38.6 Å². The molecule has 3 aromatic heterocycles. The molecule has 148 valence electrons. The van der Waals surface area contributed by atoms with E-state index in [0.29, 0.717) is 31.9 Å². The van der Waals surface area contributed by atoms with Crippen LogP contribution in [0.3, 0.4) is 0 Å². The van der Waals surface area contributed by atoms with Crippen LogP contribution in [0.2, 0.25) is 0 Å². The van der Waals surface area contributed by atoms with Gasteiger partial charge in [0.05, 0.1) is 24.4 Å². The average molecular weight is 390 g/mol. The molecule has 0 unspecified atom stereocenters. The van der Waals surface area contributed by atoms with Crippen LogP contribution in [-0.4, -0.2) is 60.2 Å². The van der Waals surface area contributed by atoms with Gasteiger partial charge in [-0.05, 0) is 19.1 Å². The molecule has 0 bridgehead atoms. The molecular weight excluding hydrogens is 368 g/mol. The van der Waals surface area contributed by atoms with Gasteiger partial charge in [0.15, 0.2) is 0 Å². The molecule has 8 heteroatoms. The van der Waals surface area contributed by atoms with Crippen molar-refractivity contribution in [1.82, 2.24) is 28.7 Å². The minimum atomic E-state index is -0.178. The minimum absolute atomic E-state index is 0.0637. The standard InChI is InChI=1S/C21H22N6O2/c1-15-20-23-16(12-19(28)24-7-4-5-8-24)14-25(20)10-11-26(15)21(29)17-13-22-18-6-2-3-9-27(17)18/h2-6,9,13-15H,7-8,10-12H2,1H3/t15-/m0/s1. The third-order valence-corrected chi connectivity index (χ3v) is 5.68. The average Bonchev–Trinajstić information content (AvgIpc) is 3.47. The highest BCUT2D eigenvalue weighted by Crippen LogP contribution is 2.27. The smallest absolute Gasteiger partial charge is 0.273 e. The number of pyridine rings is 1. The molecule has 0 saturated carbocycles. The Labute approximate surface area is 168 Å². The second-order valence-electron chi connectivity index (χ2n) is 7.48. The van der Waals surface area contributed by atoms with Gasteiger partial charge in [0.2, 0.25) is 5.91 Å². The van der Waals surface area contributed by atoms with E-state index in [1.807, 2.05) is 63.9 Å². The first kappa shape index (κ1) is 17.7. The fourth-order valence-corrected chi connectivity index (χ4v) is 4.10. The van der Waals surface area contributed by atoms with Gasteiger partial charge in [-0.1, -0.05) is 18.2 Å². The molecule has 29 heavy (non-hydrogen) atoms. The Balaban J connectivity index is 1.36. The van der Waals surface area contributed by atoms with Crippen molar-refractivity contribution in [2.24, 2.45) is 0 Å². The zero-order valence-electron chi connectivity index (χ0n) is 16.2. The number of aromatic nitrogens is 4. The summed E-state index contributed by atoms with van der Waals surface area (Å²) < 4.78 is 3.87. The Bertz CT molecular complexity index is 1120.